The summed E-state index contributed by atoms with van der Waals surface area (Å²) in [5.41, 5.74) is 0.765. The van der Waals surface area contributed by atoms with Gasteiger partial charge in [-0.1, -0.05) is 0 Å². The molecular weight excluding hydrogens is 302 g/mol. The number of rotatable bonds is 4. The molecule has 3 fully saturated rings. The van der Waals surface area contributed by atoms with Crippen LogP contribution in [0.4, 0.5) is 0 Å². The van der Waals surface area contributed by atoms with Crippen molar-refractivity contribution >= 4 is 5.91 Å². The van der Waals surface area contributed by atoms with Gasteiger partial charge in [0.25, 0.3) is 5.91 Å². The van der Waals surface area contributed by atoms with Gasteiger partial charge in [-0.15, -0.1) is 0 Å². The Balaban J connectivity index is 1.39. The van der Waals surface area contributed by atoms with Gasteiger partial charge in [0, 0.05) is 38.2 Å². The van der Waals surface area contributed by atoms with Crippen molar-refractivity contribution in [3.05, 3.63) is 35.7 Å². The zero-order valence-electron chi connectivity index (χ0n) is 14.0. The Labute approximate surface area is 141 Å². The van der Waals surface area contributed by atoms with Crippen LogP contribution in [0.5, 0.6) is 0 Å². The first kappa shape index (κ1) is 14.3. The lowest BCUT2D eigenvalue weighted by atomic mass is 9.91. The summed E-state index contributed by atoms with van der Waals surface area (Å²) in [6.45, 7) is 1.60. The Kier molecular flexibility index (Phi) is 3.08. The Morgan fingerprint density at radius 1 is 1.25 bits per heavy atom. The minimum absolute atomic E-state index is 0.137. The van der Waals surface area contributed by atoms with E-state index >= 15 is 0 Å². The number of aromatic amines is 1. The van der Waals surface area contributed by atoms with E-state index in [1.165, 1.54) is 25.7 Å². The fourth-order valence-electron chi connectivity index (χ4n) is 4.11. The van der Waals surface area contributed by atoms with Gasteiger partial charge < -0.3 is 9.47 Å². The van der Waals surface area contributed by atoms with Crippen LogP contribution in [0, 0.1) is 11.8 Å². The molecule has 0 radical (unpaired) electrons. The highest BCUT2D eigenvalue weighted by atomic mass is 16.2. The summed E-state index contributed by atoms with van der Waals surface area (Å²) < 4.78 is 1.90. The predicted molar refractivity (Wildman–Crippen MR) is 88.6 cm³/mol. The molecular formula is C18H23N5O. The summed E-state index contributed by atoms with van der Waals surface area (Å²) >= 11 is 0. The predicted octanol–water partition coefficient (Wildman–Crippen LogP) is 2.29. The quantitative estimate of drug-likeness (QED) is 0.938. The molecule has 24 heavy (non-hydrogen) atoms. The summed E-state index contributed by atoms with van der Waals surface area (Å²) in [6, 6.07) is 3.83. The molecule has 2 aromatic rings. The highest BCUT2D eigenvalue weighted by molar-refractivity contribution is 5.93. The van der Waals surface area contributed by atoms with E-state index in [0.29, 0.717) is 17.8 Å². The van der Waals surface area contributed by atoms with E-state index < -0.39 is 0 Å². The number of likely N-dealkylation sites (tertiary alicyclic amines) is 1. The second-order valence-corrected chi connectivity index (χ2v) is 7.68. The van der Waals surface area contributed by atoms with Crippen LogP contribution in [-0.2, 0) is 7.05 Å². The van der Waals surface area contributed by atoms with Gasteiger partial charge in [0.15, 0.2) is 5.82 Å². The molecule has 2 aromatic heterocycles. The molecule has 0 aromatic carbocycles. The third kappa shape index (κ3) is 2.36. The molecule has 1 saturated heterocycles. The van der Waals surface area contributed by atoms with E-state index in [9.17, 15) is 4.79 Å². The molecule has 6 heteroatoms. The van der Waals surface area contributed by atoms with E-state index in [2.05, 4.69) is 10.2 Å². The number of carbonyl (C=O) groups excluding carboxylic acids is 1. The van der Waals surface area contributed by atoms with Crippen molar-refractivity contribution < 1.29 is 4.79 Å². The minimum Gasteiger partial charge on any atom is -0.347 e. The maximum Gasteiger partial charge on any atom is 0.270 e. The van der Waals surface area contributed by atoms with E-state index in [4.69, 9.17) is 4.98 Å². The van der Waals surface area contributed by atoms with Crippen LogP contribution in [0.3, 0.4) is 0 Å². The fourth-order valence-corrected chi connectivity index (χ4v) is 4.11. The van der Waals surface area contributed by atoms with Crippen LogP contribution in [0.25, 0.3) is 0 Å². The van der Waals surface area contributed by atoms with Crippen LogP contribution in [0.2, 0.25) is 0 Å². The summed E-state index contributed by atoms with van der Waals surface area (Å²) in [4.78, 5) is 19.7. The Morgan fingerprint density at radius 2 is 2.08 bits per heavy atom. The van der Waals surface area contributed by atoms with Crippen LogP contribution in [0.15, 0.2) is 18.3 Å². The lowest BCUT2D eigenvalue weighted by molar-refractivity contribution is 0.0775. The highest BCUT2D eigenvalue weighted by Crippen LogP contribution is 2.47. The first-order valence-corrected chi connectivity index (χ1v) is 9.03. The third-order valence-electron chi connectivity index (χ3n) is 5.86. The highest BCUT2D eigenvalue weighted by Gasteiger charge is 2.46. The maximum absolute atomic E-state index is 12.9. The van der Waals surface area contributed by atoms with Gasteiger partial charge in [-0.3, -0.25) is 9.89 Å². The molecule has 0 spiro atoms. The Hall–Kier alpha value is -2.11. The molecule has 1 N–H and O–H groups in total. The molecule has 0 unspecified atom stereocenters. The van der Waals surface area contributed by atoms with Gasteiger partial charge in [0.05, 0.1) is 0 Å². The lowest BCUT2D eigenvalue weighted by Crippen LogP contribution is -2.30. The van der Waals surface area contributed by atoms with E-state index in [1.807, 2.05) is 34.8 Å². The molecule has 0 bridgehead atoms. The minimum atomic E-state index is 0.137. The normalized spacial score (nSPS) is 27.0. The van der Waals surface area contributed by atoms with Crippen molar-refractivity contribution in [1.29, 1.82) is 0 Å². The molecule has 2 aliphatic carbocycles. The number of amides is 1. The molecule has 5 rings (SSSR count). The zero-order chi connectivity index (χ0) is 16.3. The molecule has 1 amide bonds. The molecule has 3 aliphatic rings. The number of carbonyl (C=O) groups is 1. The van der Waals surface area contributed by atoms with Gasteiger partial charge in [0.1, 0.15) is 11.5 Å². The second-order valence-electron chi connectivity index (χ2n) is 7.68. The largest absolute Gasteiger partial charge is 0.347 e. The summed E-state index contributed by atoms with van der Waals surface area (Å²) in [5.74, 6) is 4.25. The zero-order valence-corrected chi connectivity index (χ0v) is 14.0. The van der Waals surface area contributed by atoms with Crippen LogP contribution < -0.4 is 0 Å². The molecule has 2 saturated carbocycles. The van der Waals surface area contributed by atoms with Crippen molar-refractivity contribution in [2.75, 3.05) is 13.1 Å². The lowest BCUT2D eigenvalue weighted by Gasteiger charge is -2.16. The maximum atomic E-state index is 12.9. The average Bonchev–Trinajstić information content (AvgIpc) is 3.48. The second kappa shape index (κ2) is 5.19. The number of aromatic nitrogens is 4. The summed E-state index contributed by atoms with van der Waals surface area (Å²) in [5, 5.41) is 7.61. The first-order valence-electron chi connectivity index (χ1n) is 9.03. The van der Waals surface area contributed by atoms with Crippen molar-refractivity contribution in [2.45, 2.75) is 37.5 Å². The van der Waals surface area contributed by atoms with Crippen molar-refractivity contribution in [3.8, 4) is 0 Å². The van der Waals surface area contributed by atoms with Crippen LogP contribution in [-0.4, -0.2) is 43.6 Å². The van der Waals surface area contributed by atoms with E-state index in [-0.39, 0.29) is 5.91 Å². The van der Waals surface area contributed by atoms with Crippen molar-refractivity contribution in [1.82, 2.24) is 24.6 Å². The molecule has 2 atom stereocenters. The third-order valence-corrected chi connectivity index (χ3v) is 5.86. The van der Waals surface area contributed by atoms with Gasteiger partial charge in [-0.05, 0) is 49.7 Å². The topological polar surface area (TPSA) is 66.8 Å². The molecule has 1 aliphatic heterocycles. The fraction of sp³-hybridized carbons (Fsp3) is 0.611. The number of aryl methyl sites for hydroxylation is 1. The monoisotopic (exact) mass is 325 g/mol. The Bertz CT molecular complexity index is 770. The van der Waals surface area contributed by atoms with Gasteiger partial charge in [0.2, 0.25) is 0 Å². The Morgan fingerprint density at radius 3 is 2.75 bits per heavy atom. The first-order chi connectivity index (χ1) is 11.7. The van der Waals surface area contributed by atoms with Gasteiger partial charge in [-0.25, -0.2) is 4.98 Å². The number of nitrogens with one attached hydrogen (secondary N) is 1. The van der Waals surface area contributed by atoms with E-state index in [1.54, 1.807) is 0 Å². The molecule has 126 valence electrons. The smallest absolute Gasteiger partial charge is 0.270 e. The summed E-state index contributed by atoms with van der Waals surface area (Å²) in [7, 11) is 1.93. The SMILES string of the molecule is Cn1cccc1C(=O)N1C[C@H](c2nc(C3CC3)n[nH]2)[C@@H](C2CC2)C1. The summed E-state index contributed by atoms with van der Waals surface area (Å²) in [6.07, 6.45) is 6.93. The standard InChI is InChI=1S/C18H23N5O/c1-22-8-2-3-15(22)18(24)23-9-13(11-4-5-11)14(10-23)17-19-16(20-21-17)12-6-7-12/h2-3,8,11-14H,4-7,9-10H2,1H3,(H,19,20,21)/t13-,14+/m1/s1. The number of hydrogen-bond donors (Lipinski definition) is 1. The van der Waals surface area contributed by atoms with Gasteiger partial charge >= 0.3 is 0 Å². The number of hydrogen-bond acceptors (Lipinski definition) is 3. The van der Waals surface area contributed by atoms with Crippen molar-refractivity contribution in [2.24, 2.45) is 18.9 Å². The van der Waals surface area contributed by atoms with Gasteiger partial charge in [-0.2, -0.15) is 5.10 Å². The van der Waals surface area contributed by atoms with Crippen molar-refractivity contribution in [3.63, 3.8) is 0 Å². The van der Waals surface area contributed by atoms with E-state index in [0.717, 1.165) is 36.4 Å². The molecule has 6 nitrogen and oxygen atoms in total. The number of nitrogens with zero attached hydrogens (tertiary/aromatic N) is 4. The molecule has 3 heterocycles. The van der Waals surface area contributed by atoms with Crippen LogP contribution >= 0.6 is 0 Å². The number of H-pyrrole nitrogens is 1. The van der Waals surface area contributed by atoms with Crippen LogP contribution in [0.1, 0.15) is 59.7 Å². The average molecular weight is 325 g/mol.